The average molecular weight is 789 g/mol. The zero-order valence-electron chi connectivity index (χ0n) is 28.6. The van der Waals surface area contributed by atoms with Gasteiger partial charge in [-0.15, -0.1) is 0 Å². The van der Waals surface area contributed by atoms with Crippen LogP contribution in [0.3, 0.4) is 0 Å². The number of likely N-dealkylation sites (N-methyl/N-ethyl adjacent to an activating group) is 1. The summed E-state index contributed by atoms with van der Waals surface area (Å²) >= 11 is 20.2. The fourth-order valence-corrected chi connectivity index (χ4v) is 8.60. The molecular weight excluding hydrogens is 749 g/mol. The lowest BCUT2D eigenvalue weighted by Gasteiger charge is -2.28. The predicted octanol–water partition coefficient (Wildman–Crippen LogP) is 8.68. The molecule has 0 radical (unpaired) electrons. The summed E-state index contributed by atoms with van der Waals surface area (Å²) in [6.45, 7) is 4.75. The number of aromatic nitrogens is 2. The lowest BCUT2D eigenvalue weighted by Crippen LogP contribution is -2.42. The number of halogens is 5. The molecule has 0 aliphatic rings. The number of rotatable bonds is 15. The van der Waals surface area contributed by atoms with Gasteiger partial charge in [-0.2, -0.15) is 4.31 Å². The van der Waals surface area contributed by atoms with Crippen molar-refractivity contribution in [3.8, 4) is 5.69 Å². The monoisotopic (exact) mass is 787 g/mol. The van der Waals surface area contributed by atoms with E-state index in [0.717, 1.165) is 46.0 Å². The Morgan fingerprint density at radius 1 is 1.00 bits per heavy atom. The highest BCUT2D eigenvalue weighted by Gasteiger charge is 2.34. The van der Waals surface area contributed by atoms with E-state index >= 15 is 4.39 Å². The number of carboxylic acids is 1. The highest BCUT2D eigenvalue weighted by atomic mass is 35.5. The molecule has 270 valence electrons. The maximum atomic E-state index is 15.7. The summed E-state index contributed by atoms with van der Waals surface area (Å²) in [7, 11) is 2.81. The average Bonchev–Trinajstić information content (AvgIpc) is 3.46. The molecule has 15 heteroatoms. The number of unbranched alkanes of at least 4 members (excludes halogenated alkanes) is 1. The number of sulfonamides is 1. The van der Waals surface area contributed by atoms with Crippen LogP contribution >= 0.6 is 46.6 Å². The Bertz CT molecular complexity index is 1940. The molecule has 1 N–H and O–H groups in total. The van der Waals surface area contributed by atoms with Crippen LogP contribution in [0.25, 0.3) is 5.69 Å². The van der Waals surface area contributed by atoms with Crippen molar-refractivity contribution in [3.63, 3.8) is 0 Å². The Hall–Kier alpha value is -2.71. The molecule has 1 unspecified atom stereocenters. The molecule has 0 saturated carbocycles. The number of benzene rings is 3. The largest absolute Gasteiger partial charge is 0.480 e. The van der Waals surface area contributed by atoms with Gasteiger partial charge in [-0.1, -0.05) is 66.5 Å². The number of thioether (sulfide) groups is 1. The van der Waals surface area contributed by atoms with Crippen molar-refractivity contribution in [3.05, 3.63) is 104 Å². The van der Waals surface area contributed by atoms with Gasteiger partial charge in [-0.25, -0.2) is 22.2 Å². The van der Waals surface area contributed by atoms with Gasteiger partial charge >= 0.3 is 5.97 Å². The number of carboxylic acid groups (broad SMARTS) is 1. The van der Waals surface area contributed by atoms with Crippen LogP contribution in [0.15, 0.2) is 70.8 Å². The second-order valence-electron chi connectivity index (χ2n) is 13.5. The van der Waals surface area contributed by atoms with Gasteiger partial charge in [0.25, 0.3) is 0 Å². The summed E-state index contributed by atoms with van der Waals surface area (Å²) in [6.07, 6.45) is 2.98. The molecule has 1 atom stereocenters. The Labute approximate surface area is 311 Å². The van der Waals surface area contributed by atoms with Gasteiger partial charge in [0.05, 0.1) is 54.5 Å². The quantitative estimate of drug-likeness (QED) is 0.0737. The van der Waals surface area contributed by atoms with Gasteiger partial charge < -0.3 is 9.59 Å². The first kappa shape index (κ1) is 40.1. The summed E-state index contributed by atoms with van der Waals surface area (Å²) in [6, 6.07) is 11.8. The highest BCUT2D eigenvalue weighted by Crippen LogP contribution is 2.39. The number of quaternary nitrogens is 1. The fraction of sp³-hybridized carbons (Fsp3) is 0.371. The number of hydrogen-bond donors (Lipinski definition) is 1. The Kier molecular flexibility index (Phi) is 12.7. The summed E-state index contributed by atoms with van der Waals surface area (Å²) in [4.78, 5) is 16.3. The van der Waals surface area contributed by atoms with E-state index in [1.54, 1.807) is 30.5 Å². The van der Waals surface area contributed by atoms with Crippen molar-refractivity contribution >= 4 is 62.6 Å². The second kappa shape index (κ2) is 15.9. The lowest BCUT2D eigenvalue weighted by molar-refractivity contribution is -0.870. The molecule has 1 heterocycles. The van der Waals surface area contributed by atoms with Crippen molar-refractivity contribution < 1.29 is 31.6 Å². The van der Waals surface area contributed by atoms with Crippen molar-refractivity contribution in [2.45, 2.75) is 60.4 Å². The molecule has 8 nitrogen and oxygen atoms in total. The Balaban J connectivity index is 1.63. The van der Waals surface area contributed by atoms with Crippen LogP contribution in [0.5, 0.6) is 0 Å². The molecule has 0 fully saturated rings. The Morgan fingerprint density at radius 2 is 1.66 bits per heavy atom. The summed E-state index contributed by atoms with van der Waals surface area (Å²) in [5.41, 5.74) is 1.55. The lowest BCUT2D eigenvalue weighted by atomic mass is 9.81. The van der Waals surface area contributed by atoms with Crippen molar-refractivity contribution in [1.29, 1.82) is 0 Å². The first-order valence-electron chi connectivity index (χ1n) is 15.7. The number of carbonyl (C=O) groups is 1. The summed E-state index contributed by atoms with van der Waals surface area (Å²) in [5.74, 6) is -2.62. The minimum absolute atomic E-state index is 0.0320. The van der Waals surface area contributed by atoms with E-state index in [0.29, 0.717) is 38.2 Å². The van der Waals surface area contributed by atoms with E-state index in [1.165, 1.54) is 19.2 Å². The molecule has 0 aliphatic heterocycles. The van der Waals surface area contributed by atoms with Crippen LogP contribution in [-0.2, 0) is 26.0 Å². The smallest absolute Gasteiger partial charge is 0.322 e. The van der Waals surface area contributed by atoms with Gasteiger partial charge in [-0.3, -0.25) is 9.36 Å². The number of hydrogen-bond acceptors (Lipinski definition) is 5. The molecule has 1 aromatic heterocycles. The van der Waals surface area contributed by atoms with Gasteiger partial charge in [0, 0.05) is 34.5 Å². The molecule has 0 saturated heterocycles. The highest BCUT2D eigenvalue weighted by molar-refractivity contribution is 7.98. The van der Waals surface area contributed by atoms with Gasteiger partial charge in [-0.05, 0) is 73.4 Å². The van der Waals surface area contributed by atoms with Crippen LogP contribution in [0.2, 0.25) is 15.1 Å². The maximum absolute atomic E-state index is 15.7. The van der Waals surface area contributed by atoms with Crippen LogP contribution < -0.4 is 0 Å². The minimum atomic E-state index is -4.42. The second-order valence-corrected chi connectivity index (χ2v) is 17.7. The van der Waals surface area contributed by atoms with Gasteiger partial charge in [0.15, 0.2) is 5.16 Å². The SMILES string of the molecule is CN(C(CCCC[N+](C)(C)C)C(=O)O)S(=O)(=O)c1cc(F)c(CSc2ncc(C(C)(C)c3ccc(Cl)c(Cl)c3)n2-c2ccc(F)cc2)c(Cl)c1. The standard InChI is InChI=1S/C35H39Cl3F2N4O4S2/c1-35(2,22-10-15-27(36)29(38)17-22)32-20-41-34(43(32)24-13-11-23(39)12-14-24)49-21-26-28(37)18-25(19-30(26)40)50(47,48)42(3)31(33(45)46)9-7-8-16-44(4,5)6/h10-15,17-20,31H,7-9,16,21H2,1-6H3/p+1. The molecular formula is C35H40Cl3F2N4O4S2+. The van der Waals surface area contributed by atoms with Crippen LogP contribution in [-0.4, -0.2) is 78.6 Å². The molecule has 0 amide bonds. The van der Waals surface area contributed by atoms with E-state index in [4.69, 9.17) is 34.8 Å². The minimum Gasteiger partial charge on any atom is -0.480 e. The predicted molar refractivity (Wildman–Crippen MR) is 196 cm³/mol. The van der Waals surface area contributed by atoms with Crippen LogP contribution in [0.4, 0.5) is 8.78 Å². The van der Waals surface area contributed by atoms with E-state index in [1.807, 2.05) is 45.6 Å². The molecule has 4 rings (SSSR count). The molecule has 4 aromatic rings. The van der Waals surface area contributed by atoms with Gasteiger partial charge in [0.2, 0.25) is 10.0 Å². The van der Waals surface area contributed by atoms with E-state index in [2.05, 4.69) is 4.98 Å². The van der Waals surface area contributed by atoms with Gasteiger partial charge in [0.1, 0.15) is 17.7 Å². The molecule has 50 heavy (non-hydrogen) atoms. The van der Waals surface area contributed by atoms with E-state index in [9.17, 15) is 22.7 Å². The van der Waals surface area contributed by atoms with E-state index in [-0.39, 0.29) is 22.8 Å². The Morgan fingerprint density at radius 3 is 2.24 bits per heavy atom. The number of imidazole rings is 1. The zero-order chi connectivity index (χ0) is 37.2. The van der Waals surface area contributed by atoms with Crippen molar-refractivity contribution in [1.82, 2.24) is 13.9 Å². The normalized spacial score (nSPS) is 13.2. The van der Waals surface area contributed by atoms with E-state index < -0.39 is 44.0 Å². The third kappa shape index (κ3) is 9.20. The zero-order valence-corrected chi connectivity index (χ0v) is 32.5. The molecule has 3 aromatic carbocycles. The fourth-order valence-electron chi connectivity index (χ4n) is 5.47. The van der Waals surface area contributed by atoms with Crippen molar-refractivity contribution in [2.24, 2.45) is 0 Å². The first-order chi connectivity index (χ1) is 23.2. The maximum Gasteiger partial charge on any atom is 0.322 e. The molecule has 0 bridgehead atoms. The third-order valence-electron chi connectivity index (χ3n) is 8.51. The number of nitrogens with zero attached hydrogens (tertiary/aromatic N) is 4. The third-order valence-corrected chi connectivity index (χ3v) is 12.4. The summed E-state index contributed by atoms with van der Waals surface area (Å²) in [5, 5.41) is 10.9. The molecule has 0 spiro atoms. The first-order valence-corrected chi connectivity index (χ1v) is 19.2. The van der Waals surface area contributed by atoms with Crippen LogP contribution in [0.1, 0.15) is 49.9 Å². The topological polar surface area (TPSA) is 92.5 Å². The summed E-state index contributed by atoms with van der Waals surface area (Å²) < 4.78 is 60.0. The molecule has 0 aliphatic carbocycles. The van der Waals surface area contributed by atoms with Crippen molar-refractivity contribution in [2.75, 3.05) is 34.7 Å². The van der Waals surface area contributed by atoms with Crippen LogP contribution in [0, 0.1) is 11.6 Å². The number of aliphatic carboxylic acids is 1.